The van der Waals surface area contributed by atoms with Crippen LogP contribution in [0.15, 0.2) is 96.0 Å². The molecular weight excluding hydrogens is 360 g/mol. The lowest BCUT2D eigenvalue weighted by molar-refractivity contribution is 0.268. The second kappa shape index (κ2) is 7.19. The number of hydrogen-bond acceptors (Lipinski definition) is 4. The van der Waals surface area contributed by atoms with Gasteiger partial charge in [0.2, 0.25) is 0 Å². The molecule has 0 unspecified atom stereocenters. The fourth-order valence-electron chi connectivity index (χ4n) is 2.81. The first-order valence-corrected chi connectivity index (χ1v) is 9.80. The fourth-order valence-corrected chi connectivity index (χ4v) is 3.84. The van der Waals surface area contributed by atoms with Crippen molar-refractivity contribution in [3.63, 3.8) is 0 Å². The first-order valence-electron chi connectivity index (χ1n) is 8.31. The van der Waals surface area contributed by atoms with Gasteiger partial charge in [0, 0.05) is 10.9 Å². The van der Waals surface area contributed by atoms with Crippen LogP contribution in [0.25, 0.3) is 22.0 Å². The lowest BCUT2D eigenvalue weighted by Crippen LogP contribution is -2.27. The summed E-state index contributed by atoms with van der Waals surface area (Å²) >= 11 is 0. The molecule has 0 aliphatic rings. The van der Waals surface area contributed by atoms with Crippen LogP contribution in [0.2, 0.25) is 0 Å². The zero-order chi connectivity index (χ0) is 18.7. The number of para-hydroxylation sites is 1. The molecule has 134 valence electrons. The van der Waals surface area contributed by atoms with Crippen LogP contribution in [-0.2, 0) is 10.0 Å². The van der Waals surface area contributed by atoms with Gasteiger partial charge in [0.05, 0.1) is 16.6 Å². The average Bonchev–Trinajstić information content (AvgIpc) is 2.73. The monoisotopic (exact) mass is 376 g/mol. The topological polar surface area (TPSA) is 68.3 Å². The quantitative estimate of drug-likeness (QED) is 0.531. The second-order valence-corrected chi connectivity index (χ2v) is 7.53. The van der Waals surface area contributed by atoms with Gasteiger partial charge in [-0.05, 0) is 28.6 Å². The maximum atomic E-state index is 12.8. The fraction of sp³-hybridized carbons (Fsp3) is 0. The van der Waals surface area contributed by atoms with Crippen molar-refractivity contribution >= 4 is 20.9 Å². The maximum absolute atomic E-state index is 12.8. The van der Waals surface area contributed by atoms with Gasteiger partial charge >= 0.3 is 0 Å². The number of nitrogens with one attached hydrogen (secondary N) is 1. The third-order valence-electron chi connectivity index (χ3n) is 4.10. The third-order valence-corrected chi connectivity index (χ3v) is 5.33. The Balaban J connectivity index is 1.62. The minimum Gasteiger partial charge on any atom is -0.392 e. The van der Waals surface area contributed by atoms with E-state index >= 15 is 0 Å². The predicted molar refractivity (Wildman–Crippen MR) is 105 cm³/mol. The largest absolute Gasteiger partial charge is 0.392 e. The molecule has 1 N–H and O–H groups in total. The molecule has 4 rings (SSSR count). The lowest BCUT2D eigenvalue weighted by atomic mass is 10.1. The summed E-state index contributed by atoms with van der Waals surface area (Å²) in [5.41, 5.74) is 2.22. The van der Waals surface area contributed by atoms with Crippen LogP contribution in [0.3, 0.4) is 0 Å². The second-order valence-electron chi connectivity index (χ2n) is 5.91. The van der Waals surface area contributed by atoms with Gasteiger partial charge in [-0.15, -0.1) is 0 Å². The van der Waals surface area contributed by atoms with E-state index in [1.165, 1.54) is 6.20 Å². The van der Waals surface area contributed by atoms with Crippen LogP contribution in [-0.4, -0.2) is 13.4 Å². The molecule has 4 aromatic rings. The van der Waals surface area contributed by atoms with E-state index in [-0.39, 0.29) is 4.90 Å². The van der Waals surface area contributed by atoms with E-state index in [1.807, 2.05) is 54.6 Å². The summed E-state index contributed by atoms with van der Waals surface area (Å²) in [6, 6.07) is 25.4. The van der Waals surface area contributed by atoms with Crippen molar-refractivity contribution < 1.29 is 13.3 Å². The smallest absolute Gasteiger partial charge is 0.272 e. The standard InChI is InChI=1S/C21H16N2O3S/c24-27(25,21-13-7-5-11-19(21)16-8-2-1-3-9-16)23-26-18-14-17-10-4-6-12-20(17)22-15-18/h1-15,23H. The molecule has 0 saturated heterocycles. The van der Waals surface area contributed by atoms with Crippen LogP contribution in [0.5, 0.6) is 5.75 Å². The molecule has 5 nitrogen and oxygen atoms in total. The SMILES string of the molecule is O=S(=O)(NOc1cnc2ccccc2c1)c1ccccc1-c1ccccc1. The van der Waals surface area contributed by atoms with Crippen LogP contribution < -0.4 is 9.72 Å². The first-order chi connectivity index (χ1) is 13.1. The molecule has 0 bridgehead atoms. The molecule has 0 aliphatic heterocycles. The van der Waals surface area contributed by atoms with E-state index in [1.54, 1.807) is 30.3 Å². The van der Waals surface area contributed by atoms with Crippen molar-refractivity contribution in [2.75, 3.05) is 0 Å². The van der Waals surface area contributed by atoms with Crippen molar-refractivity contribution in [3.05, 3.63) is 91.1 Å². The summed E-state index contributed by atoms with van der Waals surface area (Å²) in [7, 11) is -3.89. The Morgan fingerprint density at radius 2 is 1.52 bits per heavy atom. The molecule has 0 fully saturated rings. The Morgan fingerprint density at radius 1 is 0.815 bits per heavy atom. The first kappa shape index (κ1) is 17.2. The Bertz CT molecular complexity index is 1190. The Morgan fingerprint density at radius 3 is 2.37 bits per heavy atom. The van der Waals surface area contributed by atoms with Crippen LogP contribution >= 0.6 is 0 Å². The number of pyridine rings is 1. The van der Waals surface area contributed by atoms with E-state index in [0.29, 0.717) is 11.3 Å². The average molecular weight is 376 g/mol. The number of fused-ring (bicyclic) bond motifs is 1. The van der Waals surface area contributed by atoms with Gasteiger partial charge in [0.25, 0.3) is 10.0 Å². The molecule has 6 heteroatoms. The van der Waals surface area contributed by atoms with Gasteiger partial charge in [-0.25, -0.2) is 8.42 Å². The number of nitrogens with zero attached hydrogens (tertiary/aromatic N) is 1. The molecule has 0 spiro atoms. The Labute approximate surface area is 157 Å². The van der Waals surface area contributed by atoms with E-state index < -0.39 is 10.0 Å². The number of aromatic nitrogens is 1. The normalized spacial score (nSPS) is 11.4. The number of sulfonamides is 1. The summed E-state index contributed by atoms with van der Waals surface area (Å²) in [6.45, 7) is 0. The Hall–Kier alpha value is -3.22. The minimum absolute atomic E-state index is 0.143. The molecule has 27 heavy (non-hydrogen) atoms. The van der Waals surface area contributed by atoms with Crippen molar-refractivity contribution in [3.8, 4) is 16.9 Å². The third kappa shape index (κ3) is 3.67. The highest BCUT2D eigenvalue weighted by Gasteiger charge is 2.20. The van der Waals surface area contributed by atoms with Crippen LogP contribution in [0.1, 0.15) is 0 Å². The molecule has 3 aromatic carbocycles. The van der Waals surface area contributed by atoms with Gasteiger partial charge < -0.3 is 4.84 Å². The van der Waals surface area contributed by atoms with E-state index in [0.717, 1.165) is 16.5 Å². The number of rotatable bonds is 5. The maximum Gasteiger partial charge on any atom is 0.272 e. The molecule has 1 heterocycles. The molecule has 0 saturated carbocycles. The van der Waals surface area contributed by atoms with Gasteiger partial charge in [0.15, 0.2) is 5.75 Å². The molecule has 1 aromatic heterocycles. The summed E-state index contributed by atoms with van der Waals surface area (Å²) in [5.74, 6) is 0.314. The van der Waals surface area contributed by atoms with E-state index in [2.05, 4.69) is 9.87 Å². The minimum atomic E-state index is -3.89. The molecule has 0 atom stereocenters. The predicted octanol–water partition coefficient (Wildman–Crippen LogP) is 4.17. The molecule has 0 amide bonds. The number of hydrogen-bond donors (Lipinski definition) is 1. The van der Waals surface area contributed by atoms with E-state index in [4.69, 9.17) is 4.84 Å². The highest BCUT2D eigenvalue weighted by molar-refractivity contribution is 7.89. The summed E-state index contributed by atoms with van der Waals surface area (Å²) < 4.78 is 25.6. The Kier molecular flexibility index (Phi) is 4.58. The molecule has 0 radical (unpaired) electrons. The van der Waals surface area contributed by atoms with Crippen molar-refractivity contribution in [1.82, 2.24) is 9.87 Å². The van der Waals surface area contributed by atoms with Crippen molar-refractivity contribution in [2.24, 2.45) is 0 Å². The van der Waals surface area contributed by atoms with Gasteiger partial charge in [0.1, 0.15) is 0 Å². The van der Waals surface area contributed by atoms with Gasteiger partial charge in [-0.2, -0.15) is 0 Å². The van der Waals surface area contributed by atoms with Crippen molar-refractivity contribution in [2.45, 2.75) is 4.90 Å². The molecular formula is C21H16N2O3S. The summed E-state index contributed by atoms with van der Waals surface area (Å²) in [5, 5.41) is 0.860. The van der Waals surface area contributed by atoms with Crippen molar-refractivity contribution in [1.29, 1.82) is 0 Å². The zero-order valence-corrected chi connectivity index (χ0v) is 15.1. The summed E-state index contributed by atoms with van der Waals surface area (Å²) in [6.07, 6.45) is 1.48. The zero-order valence-electron chi connectivity index (χ0n) is 14.2. The van der Waals surface area contributed by atoms with E-state index in [9.17, 15) is 8.42 Å². The van der Waals surface area contributed by atoms with Gasteiger partial charge in [-0.1, -0.05) is 66.7 Å². The van der Waals surface area contributed by atoms with Gasteiger partial charge in [-0.3, -0.25) is 4.98 Å². The molecule has 0 aliphatic carbocycles. The number of benzene rings is 3. The van der Waals surface area contributed by atoms with Crippen LogP contribution in [0.4, 0.5) is 0 Å². The van der Waals surface area contributed by atoms with Crippen LogP contribution in [0, 0.1) is 0 Å². The highest BCUT2D eigenvalue weighted by Crippen LogP contribution is 2.27. The lowest BCUT2D eigenvalue weighted by Gasteiger charge is -2.12. The summed E-state index contributed by atoms with van der Waals surface area (Å²) in [4.78, 5) is 11.9. The highest BCUT2D eigenvalue weighted by atomic mass is 32.2.